The SMILES string of the molecule is C[C@H]1CCCCN1CC(=O)NCc1ccc(Cl)cc1. The van der Waals surface area contributed by atoms with Crippen molar-refractivity contribution in [1.29, 1.82) is 0 Å². The fraction of sp³-hybridized carbons (Fsp3) is 0.533. The monoisotopic (exact) mass is 280 g/mol. The maximum absolute atomic E-state index is 11.9. The Morgan fingerprint density at radius 2 is 2.11 bits per heavy atom. The number of amides is 1. The summed E-state index contributed by atoms with van der Waals surface area (Å²) >= 11 is 5.83. The van der Waals surface area contributed by atoms with Gasteiger partial charge < -0.3 is 5.32 Å². The molecule has 3 nitrogen and oxygen atoms in total. The number of benzene rings is 1. The molecule has 1 N–H and O–H groups in total. The lowest BCUT2D eigenvalue weighted by Crippen LogP contribution is -2.44. The van der Waals surface area contributed by atoms with Gasteiger partial charge in [0.25, 0.3) is 0 Å². The first kappa shape index (κ1) is 14.4. The van der Waals surface area contributed by atoms with Crippen molar-refractivity contribution in [3.63, 3.8) is 0 Å². The molecule has 1 saturated heterocycles. The average molecular weight is 281 g/mol. The Morgan fingerprint density at radius 3 is 2.79 bits per heavy atom. The highest BCUT2D eigenvalue weighted by Gasteiger charge is 2.20. The maximum atomic E-state index is 11.9. The summed E-state index contributed by atoms with van der Waals surface area (Å²) in [5, 5.41) is 3.68. The number of carbonyl (C=O) groups excluding carboxylic acids is 1. The predicted octanol–water partition coefficient (Wildman–Crippen LogP) is 2.83. The Hall–Kier alpha value is -1.06. The zero-order valence-electron chi connectivity index (χ0n) is 11.4. The second-order valence-electron chi connectivity index (χ2n) is 5.22. The summed E-state index contributed by atoms with van der Waals surface area (Å²) in [5.74, 6) is 0.101. The zero-order chi connectivity index (χ0) is 13.7. The normalized spacial score (nSPS) is 20.2. The third kappa shape index (κ3) is 4.51. The van der Waals surface area contributed by atoms with Crippen LogP contribution in [0.5, 0.6) is 0 Å². The zero-order valence-corrected chi connectivity index (χ0v) is 12.1. The lowest BCUT2D eigenvalue weighted by atomic mass is 10.0. The standard InChI is InChI=1S/C15H21ClN2O/c1-12-4-2-3-9-18(12)11-15(19)17-10-13-5-7-14(16)8-6-13/h5-8,12H,2-4,9-11H2,1H3,(H,17,19)/t12-/m0/s1. The molecule has 4 heteroatoms. The van der Waals surface area contributed by atoms with Gasteiger partial charge in [0.15, 0.2) is 0 Å². The van der Waals surface area contributed by atoms with Crippen LogP contribution in [-0.2, 0) is 11.3 Å². The third-order valence-electron chi connectivity index (χ3n) is 3.69. The van der Waals surface area contributed by atoms with Crippen LogP contribution >= 0.6 is 11.6 Å². The Labute approximate surface area is 119 Å². The molecule has 0 saturated carbocycles. The van der Waals surface area contributed by atoms with Crippen molar-refractivity contribution in [3.05, 3.63) is 34.9 Å². The first-order chi connectivity index (χ1) is 9.15. The number of nitrogens with zero attached hydrogens (tertiary/aromatic N) is 1. The fourth-order valence-electron chi connectivity index (χ4n) is 2.44. The highest BCUT2D eigenvalue weighted by atomic mass is 35.5. The van der Waals surface area contributed by atoms with Gasteiger partial charge >= 0.3 is 0 Å². The number of piperidine rings is 1. The third-order valence-corrected chi connectivity index (χ3v) is 3.94. The van der Waals surface area contributed by atoms with E-state index in [-0.39, 0.29) is 5.91 Å². The van der Waals surface area contributed by atoms with E-state index in [0.717, 1.165) is 17.1 Å². The van der Waals surface area contributed by atoms with E-state index in [4.69, 9.17) is 11.6 Å². The van der Waals surface area contributed by atoms with E-state index in [9.17, 15) is 4.79 Å². The molecule has 0 unspecified atom stereocenters. The van der Waals surface area contributed by atoms with Gasteiger partial charge in [0, 0.05) is 17.6 Å². The summed E-state index contributed by atoms with van der Waals surface area (Å²) in [6.45, 7) is 4.31. The van der Waals surface area contributed by atoms with Crippen molar-refractivity contribution in [2.24, 2.45) is 0 Å². The molecule has 0 aliphatic carbocycles. The van der Waals surface area contributed by atoms with Gasteiger partial charge in [0.1, 0.15) is 0 Å². The topological polar surface area (TPSA) is 32.3 Å². The van der Waals surface area contributed by atoms with Gasteiger partial charge in [-0.1, -0.05) is 30.2 Å². The molecular formula is C15H21ClN2O. The first-order valence-corrected chi connectivity index (χ1v) is 7.28. The highest BCUT2D eigenvalue weighted by molar-refractivity contribution is 6.30. The molecule has 1 fully saturated rings. The number of hydrogen-bond acceptors (Lipinski definition) is 2. The molecule has 1 aliphatic heterocycles. The van der Waals surface area contributed by atoms with E-state index in [1.165, 1.54) is 19.3 Å². The molecular weight excluding hydrogens is 260 g/mol. The number of hydrogen-bond donors (Lipinski definition) is 1. The van der Waals surface area contributed by atoms with Crippen LogP contribution < -0.4 is 5.32 Å². The predicted molar refractivity (Wildman–Crippen MR) is 78.2 cm³/mol. The van der Waals surface area contributed by atoms with E-state index < -0.39 is 0 Å². The Balaban J connectivity index is 1.76. The van der Waals surface area contributed by atoms with Crippen molar-refractivity contribution in [3.8, 4) is 0 Å². The van der Waals surface area contributed by atoms with Crippen LogP contribution in [-0.4, -0.2) is 29.9 Å². The second kappa shape index (κ2) is 6.92. The molecule has 1 aliphatic rings. The number of carbonyl (C=O) groups is 1. The molecule has 0 radical (unpaired) electrons. The molecule has 2 rings (SSSR count). The van der Waals surface area contributed by atoms with Crippen molar-refractivity contribution in [1.82, 2.24) is 10.2 Å². The van der Waals surface area contributed by atoms with Crippen molar-refractivity contribution >= 4 is 17.5 Å². The number of halogens is 1. The second-order valence-corrected chi connectivity index (χ2v) is 5.65. The highest BCUT2D eigenvalue weighted by Crippen LogP contribution is 2.15. The molecule has 1 amide bonds. The first-order valence-electron chi connectivity index (χ1n) is 6.90. The minimum atomic E-state index is 0.101. The van der Waals surface area contributed by atoms with Crippen LogP contribution in [0, 0.1) is 0 Å². The van der Waals surface area contributed by atoms with Crippen LogP contribution in [0.2, 0.25) is 5.02 Å². The lowest BCUT2D eigenvalue weighted by molar-refractivity contribution is -0.123. The van der Waals surface area contributed by atoms with Crippen molar-refractivity contribution in [2.75, 3.05) is 13.1 Å². The molecule has 1 aromatic carbocycles. The van der Waals surface area contributed by atoms with E-state index in [2.05, 4.69) is 17.1 Å². The molecule has 0 spiro atoms. The summed E-state index contributed by atoms with van der Waals surface area (Å²) in [7, 11) is 0. The summed E-state index contributed by atoms with van der Waals surface area (Å²) in [6.07, 6.45) is 3.68. The van der Waals surface area contributed by atoms with Gasteiger partial charge in [0.2, 0.25) is 5.91 Å². The van der Waals surface area contributed by atoms with Gasteiger partial charge in [0.05, 0.1) is 6.54 Å². The Kier molecular flexibility index (Phi) is 5.23. The van der Waals surface area contributed by atoms with Crippen LogP contribution in [0.25, 0.3) is 0 Å². The molecule has 1 aromatic rings. The van der Waals surface area contributed by atoms with Gasteiger partial charge in [-0.3, -0.25) is 9.69 Å². The van der Waals surface area contributed by atoms with E-state index in [0.29, 0.717) is 19.1 Å². The maximum Gasteiger partial charge on any atom is 0.234 e. The lowest BCUT2D eigenvalue weighted by Gasteiger charge is -2.32. The van der Waals surface area contributed by atoms with Crippen LogP contribution in [0.15, 0.2) is 24.3 Å². The van der Waals surface area contributed by atoms with Gasteiger partial charge in [-0.15, -0.1) is 0 Å². The van der Waals surface area contributed by atoms with Gasteiger partial charge in [-0.2, -0.15) is 0 Å². The summed E-state index contributed by atoms with van der Waals surface area (Å²) in [6, 6.07) is 8.08. The van der Waals surface area contributed by atoms with Crippen LogP contribution in [0.3, 0.4) is 0 Å². The smallest absolute Gasteiger partial charge is 0.234 e. The summed E-state index contributed by atoms with van der Waals surface area (Å²) in [5.41, 5.74) is 1.07. The molecule has 1 atom stereocenters. The van der Waals surface area contributed by atoms with Crippen molar-refractivity contribution in [2.45, 2.75) is 38.8 Å². The Morgan fingerprint density at radius 1 is 1.37 bits per heavy atom. The van der Waals surface area contributed by atoms with Crippen LogP contribution in [0.4, 0.5) is 0 Å². The minimum absolute atomic E-state index is 0.101. The molecule has 0 aromatic heterocycles. The van der Waals surface area contributed by atoms with Gasteiger partial charge in [-0.25, -0.2) is 0 Å². The average Bonchev–Trinajstić information content (AvgIpc) is 2.41. The molecule has 1 heterocycles. The number of rotatable bonds is 4. The molecule has 104 valence electrons. The van der Waals surface area contributed by atoms with E-state index in [1.54, 1.807) is 0 Å². The fourth-order valence-corrected chi connectivity index (χ4v) is 2.56. The molecule has 0 bridgehead atoms. The van der Waals surface area contributed by atoms with E-state index in [1.807, 2.05) is 24.3 Å². The number of nitrogens with one attached hydrogen (secondary N) is 1. The number of likely N-dealkylation sites (tertiary alicyclic amines) is 1. The largest absolute Gasteiger partial charge is 0.351 e. The van der Waals surface area contributed by atoms with Crippen molar-refractivity contribution < 1.29 is 4.79 Å². The molecule has 19 heavy (non-hydrogen) atoms. The minimum Gasteiger partial charge on any atom is -0.351 e. The Bertz CT molecular complexity index is 419. The summed E-state index contributed by atoms with van der Waals surface area (Å²) in [4.78, 5) is 14.2. The van der Waals surface area contributed by atoms with Gasteiger partial charge in [-0.05, 0) is 44.0 Å². The summed E-state index contributed by atoms with van der Waals surface area (Å²) < 4.78 is 0. The van der Waals surface area contributed by atoms with E-state index >= 15 is 0 Å². The quantitative estimate of drug-likeness (QED) is 0.920. The van der Waals surface area contributed by atoms with Crippen LogP contribution in [0.1, 0.15) is 31.7 Å².